The van der Waals surface area contributed by atoms with Crippen LogP contribution in [0.2, 0.25) is 0 Å². The van der Waals surface area contributed by atoms with Gasteiger partial charge in [-0.3, -0.25) is 9.59 Å². The Bertz CT molecular complexity index is 430. The van der Waals surface area contributed by atoms with Crippen molar-refractivity contribution in [1.82, 2.24) is 0 Å². The van der Waals surface area contributed by atoms with Crippen LogP contribution in [-0.4, -0.2) is 26.0 Å². The summed E-state index contributed by atoms with van der Waals surface area (Å²) in [7, 11) is 2.95. The van der Waals surface area contributed by atoms with Crippen molar-refractivity contribution in [1.29, 1.82) is 0 Å². The van der Waals surface area contributed by atoms with E-state index in [2.05, 4.69) is 0 Å². The normalized spacial score (nSPS) is 11.6. The minimum Gasteiger partial charge on any atom is -0.496 e. The van der Waals surface area contributed by atoms with Gasteiger partial charge < -0.3 is 14.2 Å². The summed E-state index contributed by atoms with van der Waals surface area (Å²) < 4.78 is 15.4. The highest BCUT2D eigenvalue weighted by molar-refractivity contribution is 5.86. The summed E-state index contributed by atoms with van der Waals surface area (Å²) in [5.41, 5.74) is 0.421. The van der Waals surface area contributed by atoms with E-state index in [4.69, 9.17) is 14.2 Å². The second-order valence-corrected chi connectivity index (χ2v) is 3.68. The lowest BCUT2D eigenvalue weighted by atomic mass is 10.0. The Labute approximate surface area is 106 Å². The van der Waals surface area contributed by atoms with Gasteiger partial charge >= 0.3 is 5.97 Å². The lowest BCUT2D eigenvalue weighted by Crippen LogP contribution is -2.17. The number of ether oxygens (including phenoxy) is 3. The van der Waals surface area contributed by atoms with Gasteiger partial charge in [0.2, 0.25) is 0 Å². The van der Waals surface area contributed by atoms with Crippen LogP contribution < -0.4 is 9.47 Å². The number of benzene rings is 1. The summed E-state index contributed by atoms with van der Waals surface area (Å²) in [6.07, 6.45) is -1.02. The van der Waals surface area contributed by atoms with E-state index >= 15 is 0 Å². The largest absolute Gasteiger partial charge is 0.496 e. The van der Waals surface area contributed by atoms with Crippen LogP contribution in [0.25, 0.3) is 0 Å². The lowest BCUT2D eigenvalue weighted by molar-refractivity contribution is -0.152. The first-order chi connectivity index (χ1) is 8.51. The Morgan fingerprint density at radius 1 is 1.06 bits per heavy atom. The maximum atomic E-state index is 11.6. The first-order valence-electron chi connectivity index (χ1n) is 5.39. The van der Waals surface area contributed by atoms with Gasteiger partial charge in [-0.05, 0) is 19.1 Å². The summed E-state index contributed by atoms with van der Waals surface area (Å²) in [4.78, 5) is 22.7. The van der Waals surface area contributed by atoms with E-state index in [0.717, 1.165) is 0 Å². The predicted molar refractivity (Wildman–Crippen MR) is 64.7 cm³/mol. The Morgan fingerprint density at radius 3 is 1.89 bits per heavy atom. The maximum Gasteiger partial charge on any atom is 0.303 e. The van der Waals surface area contributed by atoms with E-state index in [0.29, 0.717) is 17.1 Å². The fourth-order valence-corrected chi connectivity index (χ4v) is 1.65. The van der Waals surface area contributed by atoms with E-state index in [9.17, 15) is 9.59 Å². The molecular weight excluding hydrogens is 236 g/mol. The number of hydrogen-bond donors (Lipinski definition) is 0. The molecule has 18 heavy (non-hydrogen) atoms. The number of Topliss-reactive ketones (excluding diaryl/α,β-unsaturated/α-hetero) is 1. The monoisotopic (exact) mass is 252 g/mol. The molecule has 1 aromatic rings. The predicted octanol–water partition coefficient (Wildman–Crippen LogP) is 1.90. The Kier molecular flexibility index (Phi) is 4.71. The van der Waals surface area contributed by atoms with Crippen molar-refractivity contribution >= 4 is 11.8 Å². The fourth-order valence-electron chi connectivity index (χ4n) is 1.65. The molecule has 0 spiro atoms. The number of hydrogen-bond acceptors (Lipinski definition) is 5. The van der Waals surface area contributed by atoms with Crippen molar-refractivity contribution in [3.8, 4) is 11.5 Å². The van der Waals surface area contributed by atoms with Crippen molar-refractivity contribution in [2.24, 2.45) is 0 Å². The second kappa shape index (κ2) is 6.05. The Hall–Kier alpha value is -2.04. The molecule has 0 amide bonds. The number of esters is 1. The Balaban J connectivity index is 3.32. The summed E-state index contributed by atoms with van der Waals surface area (Å²) in [5.74, 6) is 0.0442. The van der Waals surface area contributed by atoms with Gasteiger partial charge in [0.25, 0.3) is 0 Å². The van der Waals surface area contributed by atoms with Gasteiger partial charge in [-0.1, -0.05) is 6.07 Å². The third kappa shape index (κ3) is 3.00. The molecular formula is C13H16O5. The van der Waals surface area contributed by atoms with Crippen molar-refractivity contribution < 1.29 is 23.8 Å². The van der Waals surface area contributed by atoms with E-state index in [1.165, 1.54) is 28.1 Å². The summed E-state index contributed by atoms with van der Waals surface area (Å²) >= 11 is 0. The van der Waals surface area contributed by atoms with E-state index in [1.807, 2.05) is 0 Å². The highest BCUT2D eigenvalue weighted by atomic mass is 16.5. The van der Waals surface area contributed by atoms with E-state index < -0.39 is 12.1 Å². The molecule has 5 nitrogen and oxygen atoms in total. The lowest BCUT2D eigenvalue weighted by Gasteiger charge is -2.19. The number of ketones is 1. The quantitative estimate of drug-likeness (QED) is 0.749. The number of carbonyl (C=O) groups is 2. The molecule has 0 saturated heterocycles. The first-order valence-corrected chi connectivity index (χ1v) is 5.39. The minimum absolute atomic E-state index is 0.298. The van der Waals surface area contributed by atoms with Crippen LogP contribution in [0.3, 0.4) is 0 Å². The molecule has 0 N–H and O–H groups in total. The van der Waals surface area contributed by atoms with Crippen LogP contribution in [-0.2, 0) is 14.3 Å². The van der Waals surface area contributed by atoms with Gasteiger partial charge in [0.1, 0.15) is 11.5 Å². The first kappa shape index (κ1) is 14.0. The molecule has 0 aromatic heterocycles. The average Bonchev–Trinajstić information content (AvgIpc) is 2.34. The highest BCUT2D eigenvalue weighted by Crippen LogP contribution is 2.36. The molecule has 98 valence electrons. The third-order valence-corrected chi connectivity index (χ3v) is 2.38. The Morgan fingerprint density at radius 2 is 1.56 bits per heavy atom. The fraction of sp³-hybridized carbons (Fsp3) is 0.385. The number of carbonyl (C=O) groups excluding carboxylic acids is 2. The van der Waals surface area contributed by atoms with Crippen LogP contribution in [0.4, 0.5) is 0 Å². The molecule has 1 rings (SSSR count). The average molecular weight is 252 g/mol. The topological polar surface area (TPSA) is 61.8 Å². The summed E-state index contributed by atoms with van der Waals surface area (Å²) in [6, 6.07) is 5.08. The molecule has 1 atom stereocenters. The molecule has 0 saturated carbocycles. The molecule has 5 heteroatoms. The van der Waals surface area contributed by atoms with Crippen LogP contribution in [0, 0.1) is 0 Å². The molecule has 0 aliphatic heterocycles. The van der Waals surface area contributed by atoms with Crippen LogP contribution in [0.15, 0.2) is 18.2 Å². The van der Waals surface area contributed by atoms with Gasteiger partial charge in [0.15, 0.2) is 11.9 Å². The van der Waals surface area contributed by atoms with Gasteiger partial charge in [-0.25, -0.2) is 0 Å². The van der Waals surface area contributed by atoms with Crippen LogP contribution in [0.5, 0.6) is 11.5 Å². The molecule has 0 radical (unpaired) electrons. The molecule has 0 aliphatic rings. The smallest absolute Gasteiger partial charge is 0.303 e. The molecule has 1 aromatic carbocycles. The highest BCUT2D eigenvalue weighted by Gasteiger charge is 2.27. The van der Waals surface area contributed by atoms with Crippen molar-refractivity contribution in [2.75, 3.05) is 14.2 Å². The van der Waals surface area contributed by atoms with Crippen molar-refractivity contribution in [3.63, 3.8) is 0 Å². The zero-order valence-corrected chi connectivity index (χ0v) is 10.9. The van der Waals surface area contributed by atoms with Gasteiger partial charge in [-0.15, -0.1) is 0 Å². The molecule has 0 aliphatic carbocycles. The molecule has 0 fully saturated rings. The van der Waals surface area contributed by atoms with Gasteiger partial charge in [0, 0.05) is 6.92 Å². The standard InChI is InChI=1S/C13H16O5/c1-8(14)13(18-9(2)15)12-10(16-3)6-5-7-11(12)17-4/h5-7,13H,1-4H3/t13-/m1/s1. The van der Waals surface area contributed by atoms with Crippen molar-refractivity contribution in [3.05, 3.63) is 23.8 Å². The van der Waals surface area contributed by atoms with E-state index in [-0.39, 0.29) is 5.78 Å². The van der Waals surface area contributed by atoms with Gasteiger partial charge in [0.05, 0.1) is 19.8 Å². The maximum absolute atomic E-state index is 11.6. The zero-order chi connectivity index (χ0) is 13.7. The molecule has 0 unspecified atom stereocenters. The van der Waals surface area contributed by atoms with Crippen LogP contribution in [0.1, 0.15) is 25.5 Å². The third-order valence-electron chi connectivity index (χ3n) is 2.38. The number of methoxy groups -OCH3 is 2. The summed E-state index contributed by atoms with van der Waals surface area (Å²) in [6.45, 7) is 2.59. The molecule has 0 bridgehead atoms. The molecule has 0 heterocycles. The minimum atomic E-state index is -1.02. The second-order valence-electron chi connectivity index (χ2n) is 3.68. The van der Waals surface area contributed by atoms with Gasteiger partial charge in [-0.2, -0.15) is 0 Å². The number of rotatable bonds is 5. The zero-order valence-electron chi connectivity index (χ0n) is 10.9. The van der Waals surface area contributed by atoms with Crippen molar-refractivity contribution in [2.45, 2.75) is 20.0 Å². The van der Waals surface area contributed by atoms with Crippen LogP contribution >= 0.6 is 0 Å². The van der Waals surface area contributed by atoms with E-state index in [1.54, 1.807) is 18.2 Å². The summed E-state index contributed by atoms with van der Waals surface area (Å²) in [5, 5.41) is 0. The SMILES string of the molecule is COc1cccc(OC)c1[C@H](OC(C)=O)C(C)=O.